The van der Waals surface area contributed by atoms with Gasteiger partial charge in [-0.25, -0.2) is 0 Å². The molecular weight excluding hydrogens is 286 g/mol. The molecule has 3 nitrogen and oxygen atoms in total. The maximum atomic E-state index is 6.20. The average Bonchev–Trinajstić information content (AvgIpc) is 2.26. The van der Waals surface area contributed by atoms with E-state index in [0.717, 1.165) is 5.92 Å². The fourth-order valence-corrected chi connectivity index (χ4v) is 11.9. The molecule has 0 spiro atoms. The molecule has 1 aliphatic carbocycles. The Balaban J connectivity index is 2.24. The molecule has 0 bridgehead atoms. The van der Waals surface area contributed by atoms with E-state index in [1.54, 1.807) is 0 Å². The summed E-state index contributed by atoms with van der Waals surface area (Å²) in [5.41, 5.74) is 0. The standard InChI is InChI=1S/C13H33NO2Si3/c1-12(13-10-8-7-9-11-13)14-17-15-19(5,6)16-18(2,3)4/h12-14H,7-11,17H2,1-6H3. The summed E-state index contributed by atoms with van der Waals surface area (Å²) in [4.78, 5) is 3.68. The Kier molecular flexibility index (Phi) is 6.95. The van der Waals surface area contributed by atoms with Gasteiger partial charge < -0.3 is 13.2 Å². The first-order chi connectivity index (χ1) is 8.70. The van der Waals surface area contributed by atoms with Gasteiger partial charge in [-0.3, -0.25) is 0 Å². The number of rotatable bonds is 7. The van der Waals surface area contributed by atoms with Crippen LogP contribution in [0.5, 0.6) is 0 Å². The SMILES string of the molecule is CC(N[SiH2]O[Si](C)(C)O[Si](C)(C)C)C1CCCCC1. The highest BCUT2D eigenvalue weighted by molar-refractivity contribution is 6.82. The molecule has 1 rings (SSSR count). The second-order valence-corrected chi connectivity index (χ2v) is 17.0. The van der Waals surface area contributed by atoms with Gasteiger partial charge in [0.1, 0.15) is 0 Å². The summed E-state index contributed by atoms with van der Waals surface area (Å²) >= 11 is 0. The molecule has 6 heteroatoms. The van der Waals surface area contributed by atoms with E-state index in [1.807, 2.05) is 0 Å². The molecule has 0 aromatic rings. The molecule has 1 fully saturated rings. The Labute approximate surface area is 124 Å². The van der Waals surface area contributed by atoms with Crippen molar-refractivity contribution >= 4 is 26.8 Å². The van der Waals surface area contributed by atoms with Crippen LogP contribution in [0.4, 0.5) is 0 Å². The lowest BCUT2D eigenvalue weighted by Gasteiger charge is -2.33. The van der Waals surface area contributed by atoms with E-state index in [1.165, 1.54) is 32.1 Å². The van der Waals surface area contributed by atoms with Crippen LogP contribution in [0.2, 0.25) is 32.7 Å². The molecule has 1 aliphatic rings. The van der Waals surface area contributed by atoms with Gasteiger partial charge in [-0.05, 0) is 51.5 Å². The van der Waals surface area contributed by atoms with Gasteiger partial charge in [0.2, 0.25) is 9.92 Å². The summed E-state index contributed by atoms with van der Waals surface area (Å²) in [5, 5.41) is 0. The van der Waals surface area contributed by atoms with E-state index in [0.29, 0.717) is 6.04 Å². The molecule has 1 saturated carbocycles. The summed E-state index contributed by atoms with van der Waals surface area (Å²) in [6.45, 7) is 13.4. The molecule has 0 aromatic carbocycles. The van der Waals surface area contributed by atoms with E-state index >= 15 is 0 Å². The summed E-state index contributed by atoms with van der Waals surface area (Å²) < 4.78 is 12.3. The fraction of sp³-hybridized carbons (Fsp3) is 1.00. The number of hydrogen-bond acceptors (Lipinski definition) is 3. The molecule has 1 atom stereocenters. The lowest BCUT2D eigenvalue weighted by Crippen LogP contribution is -2.49. The van der Waals surface area contributed by atoms with E-state index in [9.17, 15) is 0 Å². The third kappa shape index (κ3) is 7.77. The van der Waals surface area contributed by atoms with Crippen molar-refractivity contribution in [1.82, 2.24) is 4.98 Å². The molecule has 19 heavy (non-hydrogen) atoms. The predicted molar refractivity (Wildman–Crippen MR) is 90.7 cm³/mol. The second-order valence-electron chi connectivity index (χ2n) is 7.29. The van der Waals surface area contributed by atoms with Crippen LogP contribution < -0.4 is 4.98 Å². The quantitative estimate of drug-likeness (QED) is 0.731. The monoisotopic (exact) mass is 319 g/mol. The predicted octanol–water partition coefficient (Wildman–Crippen LogP) is 3.11. The first-order valence-electron chi connectivity index (χ1n) is 7.77. The lowest BCUT2D eigenvalue weighted by atomic mass is 9.85. The minimum Gasteiger partial charge on any atom is -0.437 e. The second kappa shape index (κ2) is 7.51. The zero-order valence-electron chi connectivity index (χ0n) is 13.7. The molecule has 0 heterocycles. The van der Waals surface area contributed by atoms with Gasteiger partial charge in [0, 0.05) is 6.04 Å². The maximum absolute atomic E-state index is 6.20. The molecule has 0 aromatic heterocycles. The largest absolute Gasteiger partial charge is 0.437 e. The smallest absolute Gasteiger partial charge is 0.311 e. The number of hydrogen-bond donors (Lipinski definition) is 1. The Morgan fingerprint density at radius 2 is 1.63 bits per heavy atom. The van der Waals surface area contributed by atoms with Crippen LogP contribution in [0.15, 0.2) is 0 Å². The van der Waals surface area contributed by atoms with Crippen LogP contribution >= 0.6 is 0 Å². The number of nitrogens with one attached hydrogen (secondary N) is 1. The van der Waals surface area contributed by atoms with Gasteiger partial charge >= 0.3 is 8.56 Å². The Morgan fingerprint density at radius 1 is 1.05 bits per heavy atom. The van der Waals surface area contributed by atoms with Gasteiger partial charge in [-0.15, -0.1) is 0 Å². The van der Waals surface area contributed by atoms with Crippen molar-refractivity contribution in [3.63, 3.8) is 0 Å². The molecule has 0 aliphatic heterocycles. The summed E-state index contributed by atoms with van der Waals surface area (Å²) in [6, 6.07) is 0.628. The summed E-state index contributed by atoms with van der Waals surface area (Å²) in [7, 11) is -4.01. The Morgan fingerprint density at radius 3 is 2.16 bits per heavy atom. The molecule has 114 valence electrons. The topological polar surface area (TPSA) is 30.5 Å². The van der Waals surface area contributed by atoms with E-state index in [4.69, 9.17) is 8.23 Å². The zero-order chi connectivity index (χ0) is 14.5. The van der Waals surface area contributed by atoms with Gasteiger partial charge in [-0.2, -0.15) is 0 Å². The lowest BCUT2D eigenvalue weighted by molar-refractivity contribution is 0.297. The van der Waals surface area contributed by atoms with Crippen LogP contribution in [0.1, 0.15) is 39.0 Å². The van der Waals surface area contributed by atoms with Gasteiger partial charge in [0.15, 0.2) is 8.32 Å². The van der Waals surface area contributed by atoms with Crippen molar-refractivity contribution in [3.05, 3.63) is 0 Å². The van der Waals surface area contributed by atoms with Crippen molar-refractivity contribution in [2.24, 2.45) is 5.92 Å². The highest BCUT2D eigenvalue weighted by atomic mass is 28.5. The van der Waals surface area contributed by atoms with E-state index in [2.05, 4.69) is 44.6 Å². The van der Waals surface area contributed by atoms with Crippen molar-refractivity contribution in [2.75, 3.05) is 0 Å². The van der Waals surface area contributed by atoms with Crippen LogP contribution in [-0.4, -0.2) is 32.8 Å². The van der Waals surface area contributed by atoms with Crippen LogP contribution in [-0.2, 0) is 8.23 Å². The highest BCUT2D eigenvalue weighted by Crippen LogP contribution is 2.26. The van der Waals surface area contributed by atoms with Crippen molar-refractivity contribution in [1.29, 1.82) is 0 Å². The first kappa shape index (κ1) is 17.6. The van der Waals surface area contributed by atoms with E-state index in [-0.39, 0.29) is 0 Å². The maximum Gasteiger partial charge on any atom is 0.311 e. The van der Waals surface area contributed by atoms with Crippen molar-refractivity contribution in [2.45, 2.75) is 77.8 Å². The average molecular weight is 320 g/mol. The molecule has 0 amide bonds. The normalized spacial score (nSPS) is 21.2. The van der Waals surface area contributed by atoms with Gasteiger partial charge in [-0.1, -0.05) is 26.2 Å². The van der Waals surface area contributed by atoms with Gasteiger partial charge in [0.05, 0.1) is 0 Å². The highest BCUT2D eigenvalue weighted by Gasteiger charge is 2.31. The molecule has 1 unspecified atom stereocenters. The van der Waals surface area contributed by atoms with Crippen LogP contribution in [0.25, 0.3) is 0 Å². The van der Waals surface area contributed by atoms with Crippen LogP contribution in [0.3, 0.4) is 0 Å². The third-order valence-electron chi connectivity index (χ3n) is 3.73. The summed E-state index contributed by atoms with van der Waals surface area (Å²) in [5.74, 6) is 0.868. The third-order valence-corrected chi connectivity index (χ3v) is 12.3. The fourth-order valence-electron chi connectivity index (χ4n) is 2.91. The van der Waals surface area contributed by atoms with Crippen molar-refractivity contribution in [3.8, 4) is 0 Å². The van der Waals surface area contributed by atoms with Crippen LogP contribution in [0, 0.1) is 5.92 Å². The summed E-state index contributed by atoms with van der Waals surface area (Å²) in [6.07, 6.45) is 7.06. The Bertz CT molecular complexity index is 263. The first-order valence-corrected chi connectivity index (χ1v) is 15.3. The van der Waals surface area contributed by atoms with Crippen molar-refractivity contribution < 1.29 is 8.23 Å². The molecule has 1 N–H and O–H groups in total. The zero-order valence-corrected chi connectivity index (χ0v) is 17.1. The minimum absolute atomic E-state index is 0.628. The minimum atomic E-state index is -1.89. The Hall–Kier alpha value is 0.531. The molecule has 0 radical (unpaired) electrons. The van der Waals surface area contributed by atoms with E-state index < -0.39 is 26.8 Å². The molecular formula is C13H33NO2Si3. The van der Waals surface area contributed by atoms with Gasteiger partial charge in [0.25, 0.3) is 0 Å². The molecule has 0 saturated heterocycles.